The van der Waals surface area contributed by atoms with Crippen LogP contribution in [0.5, 0.6) is 11.5 Å². The SMILES string of the molecule is CC1(C)C(C(=O)OCc2cccc(Oc3ccccc3)c2)C1C(O)S(=O)(=O)[O-].[Na+]. The van der Waals surface area contributed by atoms with Gasteiger partial charge in [-0.25, -0.2) is 8.42 Å². The van der Waals surface area contributed by atoms with Crippen LogP contribution in [0.1, 0.15) is 19.4 Å². The van der Waals surface area contributed by atoms with Crippen molar-refractivity contribution in [3.05, 3.63) is 60.2 Å². The van der Waals surface area contributed by atoms with Crippen LogP contribution in [-0.2, 0) is 26.3 Å². The Morgan fingerprint density at radius 3 is 2.38 bits per heavy atom. The molecule has 0 aliphatic heterocycles. The molecule has 1 aliphatic carbocycles. The molecule has 150 valence electrons. The predicted octanol–water partition coefficient (Wildman–Crippen LogP) is -0.338. The summed E-state index contributed by atoms with van der Waals surface area (Å²) in [5.41, 5.74) is -2.26. The largest absolute Gasteiger partial charge is 1.00 e. The summed E-state index contributed by atoms with van der Waals surface area (Å²) >= 11 is 0. The number of aliphatic hydroxyl groups excluding tert-OH is 1. The predicted molar refractivity (Wildman–Crippen MR) is 99.2 cm³/mol. The van der Waals surface area contributed by atoms with E-state index in [4.69, 9.17) is 9.47 Å². The van der Waals surface area contributed by atoms with Gasteiger partial charge in [0.15, 0.2) is 0 Å². The van der Waals surface area contributed by atoms with Crippen molar-refractivity contribution in [3.8, 4) is 11.5 Å². The number of esters is 1. The fraction of sp³-hybridized carbons (Fsp3) is 0.350. The van der Waals surface area contributed by atoms with E-state index in [0.29, 0.717) is 17.1 Å². The third-order valence-electron chi connectivity index (χ3n) is 5.03. The van der Waals surface area contributed by atoms with E-state index >= 15 is 0 Å². The van der Waals surface area contributed by atoms with E-state index in [-0.39, 0.29) is 36.2 Å². The van der Waals surface area contributed by atoms with Crippen molar-refractivity contribution in [3.63, 3.8) is 0 Å². The van der Waals surface area contributed by atoms with Crippen molar-refractivity contribution >= 4 is 16.1 Å². The topological polar surface area (TPSA) is 113 Å². The van der Waals surface area contributed by atoms with Gasteiger partial charge in [0.1, 0.15) is 33.7 Å². The minimum atomic E-state index is -4.90. The number of para-hydroxylation sites is 1. The van der Waals surface area contributed by atoms with Gasteiger partial charge in [0, 0.05) is 5.92 Å². The Morgan fingerprint density at radius 1 is 1.14 bits per heavy atom. The van der Waals surface area contributed by atoms with Crippen molar-refractivity contribution in [2.24, 2.45) is 17.3 Å². The van der Waals surface area contributed by atoms with Gasteiger partial charge in [-0.05, 0) is 35.2 Å². The first-order valence-electron chi connectivity index (χ1n) is 8.72. The zero-order valence-corrected chi connectivity index (χ0v) is 19.3. The van der Waals surface area contributed by atoms with E-state index in [1.807, 2.05) is 30.3 Å². The third kappa shape index (κ3) is 5.59. The number of hydrogen-bond acceptors (Lipinski definition) is 7. The van der Waals surface area contributed by atoms with Crippen molar-refractivity contribution in [1.82, 2.24) is 0 Å². The molecule has 7 nitrogen and oxygen atoms in total. The minimum Gasteiger partial charge on any atom is -0.746 e. The fourth-order valence-electron chi connectivity index (χ4n) is 3.41. The number of hydrogen-bond donors (Lipinski definition) is 1. The molecule has 0 heterocycles. The molecule has 0 radical (unpaired) electrons. The number of rotatable bonds is 7. The van der Waals surface area contributed by atoms with Crippen LogP contribution in [0.4, 0.5) is 0 Å². The first-order chi connectivity index (χ1) is 13.1. The Labute approximate surface area is 192 Å². The molecule has 1 saturated carbocycles. The number of aliphatic hydroxyl groups is 1. The van der Waals surface area contributed by atoms with E-state index in [2.05, 4.69) is 0 Å². The Kier molecular flexibility index (Phi) is 7.53. The summed E-state index contributed by atoms with van der Waals surface area (Å²) in [4.78, 5) is 12.4. The minimum absolute atomic E-state index is 0. The van der Waals surface area contributed by atoms with Gasteiger partial charge in [-0.2, -0.15) is 0 Å². The van der Waals surface area contributed by atoms with E-state index in [1.54, 1.807) is 38.1 Å². The maximum absolute atomic E-state index is 12.4. The zero-order chi connectivity index (χ0) is 20.5. The fourth-order valence-corrected chi connectivity index (χ4v) is 4.27. The molecule has 29 heavy (non-hydrogen) atoms. The second kappa shape index (κ2) is 9.16. The molecular formula is C20H21NaO7S. The summed E-state index contributed by atoms with van der Waals surface area (Å²) in [7, 11) is -4.90. The Hall–Kier alpha value is -1.42. The van der Waals surface area contributed by atoms with Crippen LogP contribution in [0.2, 0.25) is 0 Å². The van der Waals surface area contributed by atoms with Crippen LogP contribution >= 0.6 is 0 Å². The molecule has 9 heteroatoms. The summed E-state index contributed by atoms with van der Waals surface area (Å²) in [6.45, 7) is 3.20. The van der Waals surface area contributed by atoms with Gasteiger partial charge in [0.25, 0.3) is 0 Å². The maximum atomic E-state index is 12.4. The summed E-state index contributed by atoms with van der Waals surface area (Å²) in [6.07, 6.45) is 0. The second-order valence-electron chi connectivity index (χ2n) is 7.38. The number of benzene rings is 2. The average Bonchev–Trinajstić information content (AvgIpc) is 3.21. The molecule has 2 aromatic rings. The Morgan fingerprint density at radius 2 is 1.76 bits per heavy atom. The number of ether oxygens (including phenoxy) is 2. The van der Waals surface area contributed by atoms with Crippen molar-refractivity contribution in [1.29, 1.82) is 0 Å². The second-order valence-corrected chi connectivity index (χ2v) is 8.85. The first kappa shape index (κ1) is 23.9. The van der Waals surface area contributed by atoms with E-state index in [9.17, 15) is 22.9 Å². The standard InChI is InChI=1S/C20H22O7S.Na/c1-20(2)16(17(20)19(22)28(23,24)25)18(21)26-12-13-7-6-10-15(11-13)27-14-8-4-3-5-9-14;/h3-11,16-17,19,22H,12H2,1-2H3,(H,23,24,25);/q;+1/p-1. The molecule has 3 unspecified atom stereocenters. The van der Waals surface area contributed by atoms with Gasteiger partial charge in [-0.1, -0.05) is 44.2 Å². The third-order valence-corrected chi connectivity index (χ3v) is 5.91. The number of carbonyl (C=O) groups excluding carboxylic acids is 1. The van der Waals surface area contributed by atoms with Crippen LogP contribution in [-0.4, -0.2) is 29.5 Å². The molecule has 0 spiro atoms. The Bertz CT molecular complexity index is 960. The molecule has 0 saturated heterocycles. The van der Waals surface area contributed by atoms with Gasteiger partial charge in [0.05, 0.1) is 5.92 Å². The van der Waals surface area contributed by atoms with Gasteiger partial charge in [-0.3, -0.25) is 4.79 Å². The van der Waals surface area contributed by atoms with E-state index in [1.165, 1.54) is 0 Å². The molecule has 2 aromatic carbocycles. The van der Waals surface area contributed by atoms with Crippen LogP contribution in [0.15, 0.2) is 54.6 Å². The van der Waals surface area contributed by atoms with Crippen LogP contribution in [0.25, 0.3) is 0 Å². The molecule has 1 fully saturated rings. The van der Waals surface area contributed by atoms with Crippen molar-refractivity contribution < 1.29 is 61.9 Å². The maximum Gasteiger partial charge on any atom is 1.00 e. The van der Waals surface area contributed by atoms with Gasteiger partial charge >= 0.3 is 35.5 Å². The monoisotopic (exact) mass is 428 g/mol. The summed E-state index contributed by atoms with van der Waals surface area (Å²) in [6, 6.07) is 16.2. The zero-order valence-electron chi connectivity index (χ0n) is 16.4. The van der Waals surface area contributed by atoms with Crippen LogP contribution in [0.3, 0.4) is 0 Å². The average molecular weight is 428 g/mol. The molecule has 0 bridgehead atoms. The van der Waals surface area contributed by atoms with E-state index < -0.39 is 38.8 Å². The molecular weight excluding hydrogens is 407 g/mol. The normalized spacial score (nSPS) is 20.8. The summed E-state index contributed by atoms with van der Waals surface area (Å²) < 4.78 is 44.2. The van der Waals surface area contributed by atoms with Crippen molar-refractivity contribution in [2.45, 2.75) is 25.9 Å². The van der Waals surface area contributed by atoms with Crippen LogP contribution < -0.4 is 34.3 Å². The summed E-state index contributed by atoms with van der Waals surface area (Å²) in [5.74, 6) is -1.22. The van der Waals surface area contributed by atoms with Gasteiger partial charge < -0.3 is 19.1 Å². The summed E-state index contributed by atoms with van der Waals surface area (Å²) in [5, 5.41) is 9.72. The molecule has 0 aromatic heterocycles. The van der Waals surface area contributed by atoms with E-state index in [0.717, 1.165) is 0 Å². The Balaban J connectivity index is 0.00000300. The first-order valence-corrected chi connectivity index (χ1v) is 10.2. The molecule has 3 atom stereocenters. The number of carbonyl (C=O) groups is 1. The smallest absolute Gasteiger partial charge is 0.746 e. The van der Waals surface area contributed by atoms with Gasteiger partial charge in [-0.15, -0.1) is 0 Å². The molecule has 3 rings (SSSR count). The molecule has 1 aliphatic rings. The van der Waals surface area contributed by atoms with Crippen LogP contribution in [0, 0.1) is 17.3 Å². The van der Waals surface area contributed by atoms with Gasteiger partial charge in [0.2, 0.25) is 0 Å². The van der Waals surface area contributed by atoms with Crippen molar-refractivity contribution in [2.75, 3.05) is 0 Å². The molecule has 0 amide bonds. The molecule has 1 N–H and O–H groups in total. The quantitative estimate of drug-likeness (QED) is 0.365.